The van der Waals surface area contributed by atoms with Gasteiger partial charge in [-0.05, 0) is 30.5 Å². The van der Waals surface area contributed by atoms with Crippen LogP contribution in [-0.2, 0) is 0 Å². The lowest BCUT2D eigenvalue weighted by atomic mass is 10.1. The number of halogens is 1. The summed E-state index contributed by atoms with van der Waals surface area (Å²) in [5, 5.41) is 5.89. The first kappa shape index (κ1) is 13.0. The molecule has 0 aromatic heterocycles. The number of nitrogens with one attached hydrogen (secondary N) is 1. The van der Waals surface area contributed by atoms with E-state index in [2.05, 4.69) is 15.3 Å². The molecule has 0 bridgehead atoms. The third-order valence-corrected chi connectivity index (χ3v) is 2.22. The van der Waals surface area contributed by atoms with Gasteiger partial charge in [0.2, 0.25) is 0 Å². The van der Waals surface area contributed by atoms with Crippen molar-refractivity contribution in [3.05, 3.63) is 45.6 Å². The van der Waals surface area contributed by atoms with Crippen molar-refractivity contribution in [2.24, 2.45) is 5.11 Å². The highest BCUT2D eigenvalue weighted by molar-refractivity contribution is 5.94. The predicted octanol–water partition coefficient (Wildman–Crippen LogP) is 2.56. The van der Waals surface area contributed by atoms with Crippen LogP contribution in [0, 0.1) is 12.7 Å². The molecule has 0 spiro atoms. The molecule has 17 heavy (non-hydrogen) atoms. The number of hydrogen-bond acceptors (Lipinski definition) is 2. The number of aryl methyl sites for hydroxylation is 1. The van der Waals surface area contributed by atoms with E-state index in [9.17, 15) is 9.18 Å². The van der Waals surface area contributed by atoms with E-state index in [0.717, 1.165) is 0 Å². The van der Waals surface area contributed by atoms with E-state index in [0.29, 0.717) is 25.1 Å². The number of azide groups is 1. The topological polar surface area (TPSA) is 77.9 Å². The molecule has 0 saturated heterocycles. The maximum absolute atomic E-state index is 13.6. The van der Waals surface area contributed by atoms with Crippen LogP contribution in [0.5, 0.6) is 0 Å². The monoisotopic (exact) mass is 236 g/mol. The Morgan fingerprint density at radius 2 is 2.35 bits per heavy atom. The zero-order valence-corrected chi connectivity index (χ0v) is 9.48. The maximum atomic E-state index is 13.6. The highest BCUT2D eigenvalue weighted by Crippen LogP contribution is 2.11. The van der Waals surface area contributed by atoms with E-state index < -0.39 is 11.7 Å². The zero-order valence-electron chi connectivity index (χ0n) is 9.48. The van der Waals surface area contributed by atoms with E-state index in [-0.39, 0.29) is 5.56 Å². The molecule has 0 aliphatic heterocycles. The minimum absolute atomic E-state index is 0.0359. The SMILES string of the molecule is Cc1cccc(C(=O)NCCCN=[N+]=[N-])c1F. The number of rotatable bonds is 5. The van der Waals surface area contributed by atoms with Crippen LogP contribution in [0.2, 0.25) is 0 Å². The van der Waals surface area contributed by atoms with Crippen LogP contribution in [0.25, 0.3) is 10.4 Å². The summed E-state index contributed by atoms with van der Waals surface area (Å²) < 4.78 is 13.6. The van der Waals surface area contributed by atoms with Gasteiger partial charge in [0.15, 0.2) is 0 Å². The van der Waals surface area contributed by atoms with Gasteiger partial charge in [-0.15, -0.1) is 0 Å². The molecular formula is C11H13FN4O. The van der Waals surface area contributed by atoms with E-state index in [1.54, 1.807) is 19.1 Å². The molecule has 1 aromatic carbocycles. The molecule has 1 N–H and O–H groups in total. The maximum Gasteiger partial charge on any atom is 0.254 e. The molecule has 0 saturated carbocycles. The lowest BCUT2D eigenvalue weighted by Gasteiger charge is -2.06. The highest BCUT2D eigenvalue weighted by atomic mass is 19.1. The van der Waals surface area contributed by atoms with Crippen molar-refractivity contribution < 1.29 is 9.18 Å². The summed E-state index contributed by atoms with van der Waals surface area (Å²) in [6, 6.07) is 4.67. The number of benzene rings is 1. The molecule has 0 fully saturated rings. The first-order valence-electron chi connectivity index (χ1n) is 5.21. The van der Waals surface area contributed by atoms with Gasteiger partial charge in [0.25, 0.3) is 5.91 Å². The summed E-state index contributed by atoms with van der Waals surface area (Å²) in [5.74, 6) is -0.952. The fraction of sp³-hybridized carbons (Fsp3) is 0.364. The predicted molar refractivity (Wildman–Crippen MR) is 62.1 cm³/mol. The van der Waals surface area contributed by atoms with E-state index >= 15 is 0 Å². The van der Waals surface area contributed by atoms with Crippen molar-refractivity contribution in [3.8, 4) is 0 Å². The summed E-state index contributed by atoms with van der Waals surface area (Å²) in [4.78, 5) is 14.2. The van der Waals surface area contributed by atoms with Crippen LogP contribution in [-0.4, -0.2) is 19.0 Å². The second kappa shape index (κ2) is 6.50. The first-order chi connectivity index (χ1) is 8.16. The van der Waals surface area contributed by atoms with Crippen molar-refractivity contribution in [2.75, 3.05) is 13.1 Å². The number of hydrogen-bond donors (Lipinski definition) is 1. The summed E-state index contributed by atoms with van der Waals surface area (Å²) in [6.07, 6.45) is 0.531. The van der Waals surface area contributed by atoms with Gasteiger partial charge >= 0.3 is 0 Å². The lowest BCUT2D eigenvalue weighted by Crippen LogP contribution is -2.26. The lowest BCUT2D eigenvalue weighted by molar-refractivity contribution is 0.0949. The van der Waals surface area contributed by atoms with E-state index in [1.807, 2.05) is 0 Å². The second-order valence-electron chi connectivity index (χ2n) is 3.50. The standard InChI is InChI=1S/C11H13FN4O/c1-8-4-2-5-9(10(8)12)11(17)14-6-3-7-15-16-13/h2,4-5H,3,6-7H2,1H3,(H,14,17). The van der Waals surface area contributed by atoms with Crippen molar-refractivity contribution in [2.45, 2.75) is 13.3 Å². The van der Waals surface area contributed by atoms with Crippen molar-refractivity contribution in [1.82, 2.24) is 5.32 Å². The van der Waals surface area contributed by atoms with Crippen LogP contribution in [0.4, 0.5) is 4.39 Å². The van der Waals surface area contributed by atoms with Crippen LogP contribution in [0.15, 0.2) is 23.3 Å². The van der Waals surface area contributed by atoms with Crippen LogP contribution in [0.3, 0.4) is 0 Å². The Labute approximate surface area is 98.3 Å². The van der Waals surface area contributed by atoms with E-state index in [4.69, 9.17) is 5.53 Å². The average molecular weight is 236 g/mol. The summed E-state index contributed by atoms with van der Waals surface area (Å²) in [7, 11) is 0. The molecule has 90 valence electrons. The third-order valence-electron chi connectivity index (χ3n) is 2.22. The van der Waals surface area contributed by atoms with Gasteiger partial charge in [-0.25, -0.2) is 4.39 Å². The Balaban J connectivity index is 2.52. The van der Waals surface area contributed by atoms with Gasteiger partial charge < -0.3 is 5.32 Å². The van der Waals surface area contributed by atoms with Gasteiger partial charge in [0.05, 0.1) is 5.56 Å². The summed E-state index contributed by atoms with van der Waals surface area (Å²) >= 11 is 0. The fourth-order valence-corrected chi connectivity index (χ4v) is 1.31. The van der Waals surface area contributed by atoms with Crippen LogP contribution < -0.4 is 5.32 Å². The molecule has 0 heterocycles. The van der Waals surface area contributed by atoms with Gasteiger partial charge in [0, 0.05) is 18.0 Å². The molecule has 0 aliphatic carbocycles. The molecule has 6 heteroatoms. The first-order valence-corrected chi connectivity index (χ1v) is 5.21. The summed E-state index contributed by atoms with van der Waals surface area (Å²) in [5.41, 5.74) is 8.51. The summed E-state index contributed by atoms with van der Waals surface area (Å²) in [6.45, 7) is 2.27. The Morgan fingerprint density at radius 3 is 3.06 bits per heavy atom. The number of carbonyl (C=O) groups excluding carboxylic acids is 1. The normalized spacial score (nSPS) is 9.53. The van der Waals surface area contributed by atoms with Crippen molar-refractivity contribution in [3.63, 3.8) is 0 Å². The Kier molecular flexibility index (Phi) is 4.97. The molecule has 0 radical (unpaired) electrons. The highest BCUT2D eigenvalue weighted by Gasteiger charge is 2.11. The second-order valence-corrected chi connectivity index (χ2v) is 3.50. The quantitative estimate of drug-likeness (QED) is 0.362. The largest absolute Gasteiger partial charge is 0.352 e. The van der Waals surface area contributed by atoms with Crippen molar-refractivity contribution >= 4 is 5.91 Å². The van der Waals surface area contributed by atoms with Gasteiger partial charge in [0.1, 0.15) is 5.82 Å². The average Bonchev–Trinajstić information content (AvgIpc) is 2.32. The van der Waals surface area contributed by atoms with Crippen LogP contribution in [0.1, 0.15) is 22.3 Å². The number of amides is 1. The molecule has 1 amide bonds. The van der Waals surface area contributed by atoms with Gasteiger partial charge in [-0.3, -0.25) is 4.79 Å². The van der Waals surface area contributed by atoms with Gasteiger partial charge in [-0.2, -0.15) is 0 Å². The van der Waals surface area contributed by atoms with E-state index in [1.165, 1.54) is 6.07 Å². The van der Waals surface area contributed by atoms with Crippen molar-refractivity contribution in [1.29, 1.82) is 0 Å². The third kappa shape index (κ3) is 3.77. The van der Waals surface area contributed by atoms with Crippen LogP contribution >= 0.6 is 0 Å². The minimum atomic E-state index is -0.500. The molecule has 0 aliphatic rings. The molecular weight excluding hydrogens is 223 g/mol. The Morgan fingerprint density at radius 1 is 1.59 bits per heavy atom. The minimum Gasteiger partial charge on any atom is -0.352 e. The molecule has 0 atom stereocenters. The molecule has 1 aromatic rings. The zero-order chi connectivity index (χ0) is 12.7. The molecule has 5 nitrogen and oxygen atoms in total. The van der Waals surface area contributed by atoms with Gasteiger partial charge in [-0.1, -0.05) is 17.2 Å². The Bertz CT molecular complexity index is 455. The smallest absolute Gasteiger partial charge is 0.254 e. The fourth-order valence-electron chi connectivity index (χ4n) is 1.31. The molecule has 0 unspecified atom stereocenters. The number of nitrogens with zero attached hydrogens (tertiary/aromatic N) is 3. The number of carbonyl (C=O) groups is 1. The molecule has 1 rings (SSSR count). The Hall–Kier alpha value is -2.07.